The van der Waals surface area contributed by atoms with Crippen molar-refractivity contribution in [3.63, 3.8) is 0 Å². The number of anilines is 2. The molecule has 1 aromatic carbocycles. The molecule has 1 spiro atoms. The first kappa shape index (κ1) is 32.0. The molecule has 0 bridgehead atoms. The van der Waals surface area contributed by atoms with Crippen molar-refractivity contribution in [3.05, 3.63) is 45.4 Å². The fourth-order valence-corrected chi connectivity index (χ4v) is 8.93. The highest BCUT2D eigenvalue weighted by Gasteiger charge is 2.45. The fraction of sp³-hybridized carbons (Fsp3) is 0.686. The highest BCUT2D eigenvalue weighted by atomic mass is 35.5. The summed E-state index contributed by atoms with van der Waals surface area (Å²) in [7, 11) is 0. The molecule has 4 unspecified atom stereocenters. The number of hydrogen-bond acceptors (Lipinski definition) is 6. The van der Waals surface area contributed by atoms with Crippen molar-refractivity contribution >= 4 is 23.1 Å². The zero-order valence-electron chi connectivity index (χ0n) is 26.5. The number of nitriles is 1. The van der Waals surface area contributed by atoms with Crippen LogP contribution in [0.4, 0.5) is 15.9 Å². The van der Waals surface area contributed by atoms with Crippen LogP contribution in [-0.4, -0.2) is 52.8 Å². The topological polar surface area (TPSA) is 82.1 Å². The molecule has 3 saturated heterocycles. The second-order valence-electron chi connectivity index (χ2n) is 14.0. The van der Waals surface area contributed by atoms with E-state index in [0.717, 1.165) is 80.6 Å². The minimum absolute atomic E-state index is 0.115. The van der Waals surface area contributed by atoms with Gasteiger partial charge < -0.3 is 10.6 Å². The number of nitrogens with zero attached hydrogens (tertiary/aromatic N) is 5. The van der Waals surface area contributed by atoms with Crippen molar-refractivity contribution in [3.8, 4) is 6.57 Å². The zero-order chi connectivity index (χ0) is 30.8. The number of nitrogen functional groups attached to an aromatic ring is 1. The lowest BCUT2D eigenvalue weighted by Gasteiger charge is -2.43. The Morgan fingerprint density at radius 2 is 1.86 bits per heavy atom. The van der Waals surface area contributed by atoms with E-state index in [-0.39, 0.29) is 11.0 Å². The standard InChI is InChI=1S/C26H35ClN4.C8H14FN.CHN/c1-3-24-29-23-16-26(10-4-7-19-21(26)14-18(28)15-22(19)27)11-8-20(23)25(30-24)31-12-5-6-17(2)9-13-31;1-8-3-2-4-10(8)6-7(9)5-8;1-2/h14-15,17H,3-13,16,28H2,1-2H3;7H,2-6H2,1H3;1H. The van der Waals surface area contributed by atoms with E-state index in [4.69, 9.17) is 32.6 Å². The van der Waals surface area contributed by atoms with Crippen LogP contribution in [0.5, 0.6) is 0 Å². The van der Waals surface area contributed by atoms with Crippen LogP contribution in [0.25, 0.3) is 0 Å². The number of aryl methyl sites for hydroxylation is 1. The molecule has 6 nitrogen and oxygen atoms in total. The maximum atomic E-state index is 12.8. The quantitative estimate of drug-likeness (QED) is 0.358. The first-order valence-electron chi connectivity index (χ1n) is 16.6. The molecule has 3 fully saturated rings. The summed E-state index contributed by atoms with van der Waals surface area (Å²) in [6.07, 6.45) is 14.0. The first-order chi connectivity index (χ1) is 20.7. The summed E-state index contributed by atoms with van der Waals surface area (Å²) >= 11 is 6.64. The summed E-state index contributed by atoms with van der Waals surface area (Å²) < 4.78 is 12.8. The predicted octanol–water partition coefficient (Wildman–Crippen LogP) is 7.39. The van der Waals surface area contributed by atoms with Gasteiger partial charge in [-0.1, -0.05) is 25.4 Å². The smallest absolute Gasteiger partial charge is 0.135 e. The maximum absolute atomic E-state index is 12.8. The number of nitrogens with two attached hydrogens (primary N) is 1. The normalized spacial score (nSPS) is 29.8. The lowest BCUT2D eigenvalue weighted by Crippen LogP contribution is -2.39. The minimum Gasteiger partial charge on any atom is -0.399 e. The summed E-state index contributed by atoms with van der Waals surface area (Å²) in [6.45, 7) is 14.3. The molecule has 2 N–H and O–H groups in total. The third-order valence-corrected chi connectivity index (χ3v) is 11.3. The Hall–Kier alpha value is -2.43. The Morgan fingerprint density at radius 1 is 1.05 bits per heavy atom. The van der Waals surface area contributed by atoms with Crippen LogP contribution >= 0.6 is 11.6 Å². The van der Waals surface area contributed by atoms with Gasteiger partial charge in [-0.25, -0.2) is 19.6 Å². The molecule has 0 radical (unpaired) electrons. The SMILES string of the molecule is C#N.CC12CCCN1CC(F)C2.CCc1nc2c(c(N3CCCC(C)CC3)n1)CCC1(CCCc3c(Cl)cc(N)cc31)C2. The molecule has 234 valence electrons. The molecule has 0 amide bonds. The van der Waals surface area contributed by atoms with Gasteiger partial charge in [0.2, 0.25) is 0 Å². The molecule has 7 rings (SSSR count). The van der Waals surface area contributed by atoms with E-state index in [1.54, 1.807) is 0 Å². The summed E-state index contributed by atoms with van der Waals surface area (Å²) in [5.74, 6) is 3.03. The summed E-state index contributed by atoms with van der Waals surface area (Å²) in [5.41, 5.74) is 12.8. The number of halogens is 2. The minimum atomic E-state index is -0.551. The van der Waals surface area contributed by atoms with E-state index in [0.29, 0.717) is 6.54 Å². The Balaban J connectivity index is 0.000000256. The highest BCUT2D eigenvalue weighted by Crippen LogP contribution is 2.49. The molecule has 1 aromatic heterocycles. The number of alkyl halides is 1. The maximum Gasteiger partial charge on any atom is 0.135 e. The molecule has 43 heavy (non-hydrogen) atoms. The van der Waals surface area contributed by atoms with Gasteiger partial charge in [-0.15, -0.1) is 0 Å². The zero-order valence-corrected chi connectivity index (χ0v) is 27.2. The van der Waals surface area contributed by atoms with Gasteiger partial charge in [-0.3, -0.25) is 4.90 Å². The third-order valence-electron chi connectivity index (χ3n) is 11.0. The summed E-state index contributed by atoms with van der Waals surface area (Å²) in [6, 6.07) is 4.12. The van der Waals surface area contributed by atoms with Crippen LogP contribution in [0, 0.1) is 17.8 Å². The first-order valence-corrected chi connectivity index (χ1v) is 16.9. The van der Waals surface area contributed by atoms with Crippen molar-refractivity contribution in [2.45, 2.75) is 121 Å². The van der Waals surface area contributed by atoms with Gasteiger partial charge in [0.05, 0.1) is 5.69 Å². The second kappa shape index (κ2) is 13.3. The monoisotopic (exact) mass is 608 g/mol. The van der Waals surface area contributed by atoms with Gasteiger partial charge in [0.1, 0.15) is 17.8 Å². The third kappa shape index (κ3) is 6.52. The van der Waals surface area contributed by atoms with E-state index in [2.05, 4.69) is 43.2 Å². The fourth-order valence-electron chi connectivity index (χ4n) is 8.61. The van der Waals surface area contributed by atoms with Gasteiger partial charge >= 0.3 is 0 Å². The van der Waals surface area contributed by atoms with Gasteiger partial charge in [-0.2, -0.15) is 0 Å². The molecule has 0 saturated carbocycles. The number of fused-ring (bicyclic) bond motifs is 4. The number of hydrogen-bond donors (Lipinski definition) is 1. The summed E-state index contributed by atoms with van der Waals surface area (Å²) in [5, 5.41) is 7.34. The molecule has 2 aliphatic carbocycles. The average Bonchev–Trinajstić information content (AvgIpc) is 3.38. The van der Waals surface area contributed by atoms with Gasteiger partial charge in [0, 0.05) is 59.9 Å². The van der Waals surface area contributed by atoms with E-state index in [9.17, 15) is 4.39 Å². The van der Waals surface area contributed by atoms with Crippen molar-refractivity contribution in [1.82, 2.24) is 14.9 Å². The van der Waals surface area contributed by atoms with Crippen LogP contribution < -0.4 is 10.6 Å². The second-order valence-corrected chi connectivity index (χ2v) is 14.4. The van der Waals surface area contributed by atoms with Gasteiger partial charge in [-0.05, 0) is 120 Å². The summed E-state index contributed by atoms with van der Waals surface area (Å²) in [4.78, 5) is 15.0. The lowest BCUT2D eigenvalue weighted by molar-refractivity contribution is 0.217. The van der Waals surface area contributed by atoms with E-state index in [1.165, 1.54) is 73.1 Å². The van der Waals surface area contributed by atoms with Crippen LogP contribution in [0.2, 0.25) is 5.02 Å². The highest BCUT2D eigenvalue weighted by molar-refractivity contribution is 6.31. The van der Waals surface area contributed by atoms with Crippen molar-refractivity contribution in [1.29, 1.82) is 5.26 Å². The van der Waals surface area contributed by atoms with Crippen LogP contribution in [0.3, 0.4) is 0 Å². The average molecular weight is 609 g/mol. The van der Waals surface area contributed by atoms with Crippen LogP contribution in [0.15, 0.2) is 12.1 Å². The van der Waals surface area contributed by atoms with E-state index in [1.807, 2.05) is 6.07 Å². The predicted molar refractivity (Wildman–Crippen MR) is 175 cm³/mol. The molecule has 2 aromatic rings. The lowest BCUT2D eigenvalue weighted by atomic mass is 9.62. The molecule has 8 heteroatoms. The molecular weight excluding hydrogens is 559 g/mol. The molecule has 4 atom stereocenters. The Kier molecular flexibility index (Phi) is 9.88. The van der Waals surface area contributed by atoms with Crippen LogP contribution in [-0.2, 0) is 31.1 Å². The number of benzene rings is 1. The largest absolute Gasteiger partial charge is 0.399 e. The van der Waals surface area contributed by atoms with Gasteiger partial charge in [0.15, 0.2) is 0 Å². The van der Waals surface area contributed by atoms with Crippen molar-refractivity contribution in [2.24, 2.45) is 5.92 Å². The van der Waals surface area contributed by atoms with Crippen molar-refractivity contribution in [2.75, 3.05) is 36.8 Å². The van der Waals surface area contributed by atoms with E-state index >= 15 is 0 Å². The van der Waals surface area contributed by atoms with Gasteiger partial charge in [0.25, 0.3) is 0 Å². The van der Waals surface area contributed by atoms with Crippen LogP contribution in [0.1, 0.15) is 107 Å². The Labute approximate surface area is 263 Å². The van der Waals surface area contributed by atoms with Crippen molar-refractivity contribution < 1.29 is 4.39 Å². The Morgan fingerprint density at radius 3 is 2.63 bits per heavy atom. The molecule has 4 heterocycles. The Bertz CT molecular complexity index is 1310. The molecule has 5 aliphatic rings. The number of rotatable bonds is 2. The molecule has 3 aliphatic heterocycles. The molecular formula is C35H50ClFN6. The number of aromatic nitrogens is 2. The van der Waals surface area contributed by atoms with E-state index < -0.39 is 6.17 Å².